The van der Waals surface area contributed by atoms with Crippen LogP contribution in [0.25, 0.3) is 6.08 Å². The maximum atomic E-state index is 12.9. The molecular formula is C10H6F4O. The van der Waals surface area contributed by atoms with E-state index >= 15 is 0 Å². The summed E-state index contributed by atoms with van der Waals surface area (Å²) in [6.45, 7) is 0. The molecule has 1 nitrogen and oxygen atoms in total. The molecule has 0 N–H and O–H groups in total. The summed E-state index contributed by atoms with van der Waals surface area (Å²) < 4.78 is 51.2. The van der Waals surface area contributed by atoms with E-state index in [0.29, 0.717) is 6.29 Å². The van der Waals surface area contributed by atoms with Crippen LogP contribution < -0.4 is 0 Å². The maximum Gasteiger partial charge on any atom is 0.169 e. The number of hydrogen-bond donors (Lipinski definition) is 0. The predicted octanol–water partition coefficient (Wildman–Crippen LogP) is 2.85. The highest BCUT2D eigenvalue weighted by Crippen LogP contribution is 2.20. The number of allylic oxidation sites excluding steroid dienone is 1. The lowest BCUT2D eigenvalue weighted by molar-refractivity contribution is -0.107. The topological polar surface area (TPSA) is 17.1 Å². The highest BCUT2D eigenvalue weighted by molar-refractivity contribution is 5.58. The largest absolute Gasteiger partial charge is 0.303 e. The highest BCUT2D eigenvalue weighted by atomic mass is 19.2. The molecule has 0 heterocycles. The van der Waals surface area contributed by atoms with E-state index < -0.39 is 28.8 Å². The smallest absolute Gasteiger partial charge is 0.169 e. The molecule has 15 heavy (non-hydrogen) atoms. The van der Waals surface area contributed by atoms with Crippen LogP contribution in [0, 0.1) is 23.3 Å². The SMILES string of the molecule is O=CCC=Cc1c(F)c(F)cc(F)c1F. The summed E-state index contributed by atoms with van der Waals surface area (Å²) in [4.78, 5) is 9.91. The van der Waals surface area contributed by atoms with Crippen molar-refractivity contribution in [1.29, 1.82) is 0 Å². The lowest BCUT2D eigenvalue weighted by atomic mass is 10.1. The van der Waals surface area contributed by atoms with Gasteiger partial charge in [-0.3, -0.25) is 0 Å². The zero-order valence-corrected chi connectivity index (χ0v) is 7.44. The third-order valence-electron chi connectivity index (χ3n) is 1.66. The van der Waals surface area contributed by atoms with Crippen LogP contribution in [0.4, 0.5) is 17.6 Å². The first-order valence-corrected chi connectivity index (χ1v) is 4.01. The Labute approximate surface area is 83.0 Å². The fourth-order valence-electron chi connectivity index (χ4n) is 0.979. The van der Waals surface area contributed by atoms with E-state index in [9.17, 15) is 22.4 Å². The van der Waals surface area contributed by atoms with Crippen molar-refractivity contribution in [3.8, 4) is 0 Å². The number of benzene rings is 1. The number of halogens is 4. The van der Waals surface area contributed by atoms with Crippen molar-refractivity contribution in [2.45, 2.75) is 6.42 Å². The Hall–Kier alpha value is -1.65. The second-order valence-electron chi connectivity index (χ2n) is 2.69. The van der Waals surface area contributed by atoms with E-state index in [4.69, 9.17) is 0 Å². The summed E-state index contributed by atoms with van der Waals surface area (Å²) in [5.74, 6) is -5.90. The van der Waals surface area contributed by atoms with Gasteiger partial charge in [0.1, 0.15) is 6.29 Å². The summed E-state index contributed by atoms with van der Waals surface area (Å²) in [6.07, 6.45) is 2.33. The molecular weight excluding hydrogens is 212 g/mol. The van der Waals surface area contributed by atoms with Crippen molar-refractivity contribution in [1.82, 2.24) is 0 Å². The van der Waals surface area contributed by atoms with Crippen LogP contribution >= 0.6 is 0 Å². The Morgan fingerprint density at radius 2 is 1.60 bits per heavy atom. The van der Waals surface area contributed by atoms with Crippen LogP contribution in [0.15, 0.2) is 12.1 Å². The van der Waals surface area contributed by atoms with E-state index in [2.05, 4.69) is 0 Å². The van der Waals surface area contributed by atoms with E-state index in [1.807, 2.05) is 0 Å². The molecule has 0 aliphatic heterocycles. The lowest BCUT2D eigenvalue weighted by Gasteiger charge is -2.01. The number of hydrogen-bond acceptors (Lipinski definition) is 1. The van der Waals surface area contributed by atoms with Gasteiger partial charge in [-0.25, -0.2) is 17.6 Å². The molecule has 0 unspecified atom stereocenters. The van der Waals surface area contributed by atoms with E-state index in [1.165, 1.54) is 0 Å². The molecule has 0 saturated carbocycles. The predicted molar refractivity (Wildman–Crippen MR) is 46.0 cm³/mol. The highest BCUT2D eigenvalue weighted by Gasteiger charge is 2.16. The molecule has 80 valence electrons. The summed E-state index contributed by atoms with van der Waals surface area (Å²) in [5.41, 5.74) is -0.825. The molecule has 1 aromatic rings. The molecule has 0 bridgehead atoms. The van der Waals surface area contributed by atoms with Crippen LogP contribution in [0.3, 0.4) is 0 Å². The Kier molecular flexibility index (Phi) is 3.60. The Morgan fingerprint density at radius 3 is 2.07 bits per heavy atom. The molecule has 0 amide bonds. The summed E-state index contributed by atoms with van der Waals surface area (Å²) in [7, 11) is 0. The summed E-state index contributed by atoms with van der Waals surface area (Å²) in [5, 5.41) is 0. The normalized spacial score (nSPS) is 10.9. The van der Waals surface area contributed by atoms with Gasteiger partial charge in [0.2, 0.25) is 0 Å². The van der Waals surface area contributed by atoms with E-state index in [-0.39, 0.29) is 12.5 Å². The first-order chi connectivity index (χ1) is 7.07. The van der Waals surface area contributed by atoms with Crippen molar-refractivity contribution >= 4 is 12.4 Å². The zero-order chi connectivity index (χ0) is 11.4. The van der Waals surface area contributed by atoms with Gasteiger partial charge in [0.15, 0.2) is 23.3 Å². The third-order valence-corrected chi connectivity index (χ3v) is 1.66. The minimum absolute atomic E-state index is 0.0863. The molecule has 0 aromatic heterocycles. The van der Waals surface area contributed by atoms with Crippen molar-refractivity contribution in [2.75, 3.05) is 0 Å². The van der Waals surface area contributed by atoms with Crippen molar-refractivity contribution < 1.29 is 22.4 Å². The number of rotatable bonds is 3. The molecule has 1 rings (SSSR count). The fourth-order valence-corrected chi connectivity index (χ4v) is 0.979. The lowest BCUT2D eigenvalue weighted by Crippen LogP contribution is -1.97. The number of carbonyl (C=O) groups is 1. The zero-order valence-electron chi connectivity index (χ0n) is 7.44. The Bertz CT molecular complexity index is 386. The molecule has 1 aromatic carbocycles. The second kappa shape index (κ2) is 4.72. The van der Waals surface area contributed by atoms with Crippen LogP contribution in [0.1, 0.15) is 12.0 Å². The Balaban J connectivity index is 3.20. The molecule has 0 saturated heterocycles. The first-order valence-electron chi connectivity index (χ1n) is 4.01. The molecule has 0 fully saturated rings. The summed E-state index contributed by atoms with van der Waals surface area (Å²) in [6, 6.07) is 0.127. The molecule has 0 aliphatic rings. The van der Waals surface area contributed by atoms with Crippen molar-refractivity contribution in [3.05, 3.63) is 41.0 Å². The van der Waals surface area contributed by atoms with Crippen LogP contribution in [0.5, 0.6) is 0 Å². The van der Waals surface area contributed by atoms with Gasteiger partial charge in [-0.15, -0.1) is 0 Å². The van der Waals surface area contributed by atoms with Gasteiger partial charge in [0.05, 0.1) is 5.56 Å². The maximum absolute atomic E-state index is 12.9. The Morgan fingerprint density at radius 1 is 1.07 bits per heavy atom. The molecule has 0 spiro atoms. The number of carbonyl (C=O) groups excluding carboxylic acids is 1. The van der Waals surface area contributed by atoms with Crippen LogP contribution in [-0.4, -0.2) is 6.29 Å². The van der Waals surface area contributed by atoms with Crippen LogP contribution in [0.2, 0.25) is 0 Å². The van der Waals surface area contributed by atoms with Gasteiger partial charge in [0, 0.05) is 12.5 Å². The van der Waals surface area contributed by atoms with Gasteiger partial charge < -0.3 is 4.79 Å². The quantitative estimate of drug-likeness (QED) is 0.433. The van der Waals surface area contributed by atoms with Crippen LogP contribution in [-0.2, 0) is 4.79 Å². The fraction of sp³-hybridized carbons (Fsp3) is 0.100. The minimum Gasteiger partial charge on any atom is -0.303 e. The van der Waals surface area contributed by atoms with Crippen molar-refractivity contribution in [2.24, 2.45) is 0 Å². The first kappa shape index (κ1) is 11.4. The molecule has 0 aliphatic carbocycles. The molecule has 0 atom stereocenters. The van der Waals surface area contributed by atoms with Gasteiger partial charge in [-0.1, -0.05) is 12.2 Å². The average Bonchev–Trinajstić information content (AvgIpc) is 2.20. The van der Waals surface area contributed by atoms with E-state index in [1.54, 1.807) is 0 Å². The van der Waals surface area contributed by atoms with Gasteiger partial charge in [-0.2, -0.15) is 0 Å². The third kappa shape index (κ3) is 2.43. The van der Waals surface area contributed by atoms with Gasteiger partial charge in [0.25, 0.3) is 0 Å². The van der Waals surface area contributed by atoms with Gasteiger partial charge in [-0.05, 0) is 0 Å². The molecule has 5 heteroatoms. The molecule has 0 radical (unpaired) electrons. The van der Waals surface area contributed by atoms with Gasteiger partial charge >= 0.3 is 0 Å². The standard InChI is InChI=1S/C10H6F4O/c11-7-5-8(12)10(14)6(9(7)13)3-1-2-4-15/h1,3-5H,2H2. The average molecular weight is 218 g/mol. The minimum atomic E-state index is -1.48. The number of aldehydes is 1. The van der Waals surface area contributed by atoms with Crippen molar-refractivity contribution in [3.63, 3.8) is 0 Å². The second-order valence-corrected chi connectivity index (χ2v) is 2.69. The monoisotopic (exact) mass is 218 g/mol. The van der Waals surface area contributed by atoms with E-state index in [0.717, 1.165) is 12.2 Å². The summed E-state index contributed by atoms with van der Waals surface area (Å²) >= 11 is 0.